The zero-order chi connectivity index (χ0) is 17.5. The van der Waals surface area contributed by atoms with Crippen LogP contribution in [0.15, 0.2) is 33.9 Å². The Morgan fingerprint density at radius 2 is 2.13 bits per heavy atom. The minimum Gasteiger partial charge on any atom is -0.343 e. The number of halogens is 1. The summed E-state index contributed by atoms with van der Waals surface area (Å²) in [6.07, 6.45) is 5.01. The molecule has 11 heteroatoms. The number of rotatable bonds is 7. The molecular formula is C12H15BrN4O4S2. The number of carbonyl (C=O) groups is 2. The highest BCUT2D eigenvalue weighted by atomic mass is 79.9. The predicted octanol–water partition coefficient (Wildman–Crippen LogP) is 0.970. The van der Waals surface area contributed by atoms with E-state index in [0.29, 0.717) is 9.73 Å². The van der Waals surface area contributed by atoms with E-state index in [9.17, 15) is 18.0 Å². The van der Waals surface area contributed by atoms with Gasteiger partial charge in [-0.2, -0.15) is 0 Å². The molecule has 0 aliphatic rings. The number of sulfonamides is 1. The van der Waals surface area contributed by atoms with Gasteiger partial charge in [0.05, 0.1) is 18.4 Å². The maximum atomic E-state index is 11.9. The molecule has 0 saturated carbocycles. The fourth-order valence-corrected chi connectivity index (χ4v) is 2.78. The third-order valence-electron chi connectivity index (χ3n) is 2.17. The average molecular weight is 423 g/mol. The number of nitrogens with zero attached hydrogens (tertiary/aromatic N) is 1. The van der Waals surface area contributed by atoms with Gasteiger partial charge in [0.1, 0.15) is 4.60 Å². The van der Waals surface area contributed by atoms with Crippen molar-refractivity contribution in [3.05, 3.63) is 33.9 Å². The number of hydrogen-bond donors (Lipinski definition) is 3. The Balaban J connectivity index is 2.59. The van der Waals surface area contributed by atoms with E-state index < -0.39 is 21.8 Å². The molecule has 0 aliphatic heterocycles. The monoisotopic (exact) mass is 422 g/mol. The van der Waals surface area contributed by atoms with Gasteiger partial charge in [0.2, 0.25) is 15.9 Å². The van der Waals surface area contributed by atoms with Gasteiger partial charge in [0, 0.05) is 11.6 Å². The molecule has 0 spiro atoms. The number of nitrogens with one attached hydrogen (secondary N) is 3. The molecule has 8 nitrogen and oxygen atoms in total. The molecule has 0 atom stereocenters. The fraction of sp³-hybridized carbons (Fsp3) is 0.250. The molecule has 126 valence electrons. The second kappa shape index (κ2) is 8.79. The molecule has 1 rings (SSSR count). The molecule has 1 aromatic heterocycles. The molecule has 0 radical (unpaired) electrons. The molecule has 0 bridgehead atoms. The highest BCUT2D eigenvalue weighted by molar-refractivity contribution is 9.10. The lowest BCUT2D eigenvalue weighted by Gasteiger charge is -2.06. The number of hydrogen-bond acceptors (Lipinski definition) is 6. The zero-order valence-corrected chi connectivity index (χ0v) is 15.5. The maximum absolute atomic E-state index is 11.9. The summed E-state index contributed by atoms with van der Waals surface area (Å²) in [6, 6.07) is 0. The van der Waals surface area contributed by atoms with Crippen molar-refractivity contribution in [2.24, 2.45) is 0 Å². The summed E-state index contributed by atoms with van der Waals surface area (Å²) in [6.45, 7) is 1.40. The Bertz CT molecular complexity index is 740. The van der Waals surface area contributed by atoms with Crippen molar-refractivity contribution in [1.82, 2.24) is 15.0 Å². The average Bonchev–Trinajstić information content (AvgIpc) is 2.85. The van der Waals surface area contributed by atoms with Gasteiger partial charge >= 0.3 is 0 Å². The molecule has 23 heavy (non-hydrogen) atoms. The first-order valence-corrected chi connectivity index (χ1v) is 9.77. The van der Waals surface area contributed by atoms with E-state index in [1.807, 2.05) is 0 Å². The first-order chi connectivity index (χ1) is 10.7. The Morgan fingerprint density at radius 1 is 1.43 bits per heavy atom. The van der Waals surface area contributed by atoms with Crippen LogP contribution >= 0.6 is 27.3 Å². The van der Waals surface area contributed by atoms with Gasteiger partial charge in [-0.25, -0.2) is 13.4 Å². The lowest BCUT2D eigenvalue weighted by Crippen LogP contribution is -2.34. The predicted molar refractivity (Wildman–Crippen MR) is 92.3 cm³/mol. The minimum atomic E-state index is -3.47. The number of thiazole rings is 1. The standard InChI is InChI=1S/C12H15BrN4O4S2/c1-3-4-8(5-15-23(2,20)21)11(19)14-6-10(18)17-12-16-9(13)7-22-12/h3-5,7,15H,6H2,1-2H3,(H,14,19)(H,16,17,18)/b4-3-,8-5+. The second-order valence-corrected chi connectivity index (χ2v) is 7.65. The molecule has 3 N–H and O–H groups in total. The fourth-order valence-electron chi connectivity index (χ4n) is 1.28. The molecule has 0 fully saturated rings. The zero-order valence-electron chi connectivity index (χ0n) is 12.3. The largest absolute Gasteiger partial charge is 0.343 e. The lowest BCUT2D eigenvalue weighted by molar-refractivity contribution is -0.121. The summed E-state index contributed by atoms with van der Waals surface area (Å²) in [5.74, 6) is -1.04. The molecule has 0 aliphatic carbocycles. The van der Waals surface area contributed by atoms with Crippen molar-refractivity contribution in [2.45, 2.75) is 6.92 Å². The number of allylic oxidation sites excluding steroid dienone is 1. The van der Waals surface area contributed by atoms with Gasteiger partial charge in [0.25, 0.3) is 5.91 Å². The van der Waals surface area contributed by atoms with E-state index in [0.717, 1.165) is 12.5 Å². The maximum Gasteiger partial charge on any atom is 0.253 e. The van der Waals surface area contributed by atoms with E-state index >= 15 is 0 Å². The third-order valence-corrected chi connectivity index (χ3v) is 4.18. The molecule has 0 aromatic carbocycles. The van der Waals surface area contributed by atoms with Gasteiger partial charge in [0.15, 0.2) is 5.13 Å². The van der Waals surface area contributed by atoms with Crippen LogP contribution in [-0.2, 0) is 19.6 Å². The molecule has 0 unspecified atom stereocenters. The van der Waals surface area contributed by atoms with Crippen molar-refractivity contribution in [1.29, 1.82) is 0 Å². The smallest absolute Gasteiger partial charge is 0.253 e. The second-order valence-electron chi connectivity index (χ2n) is 4.20. The summed E-state index contributed by atoms with van der Waals surface area (Å²) >= 11 is 4.40. The first-order valence-electron chi connectivity index (χ1n) is 6.20. The van der Waals surface area contributed by atoms with Crippen LogP contribution in [0.2, 0.25) is 0 Å². The highest BCUT2D eigenvalue weighted by Gasteiger charge is 2.11. The van der Waals surface area contributed by atoms with Crippen molar-refractivity contribution in [2.75, 3.05) is 18.1 Å². The topological polar surface area (TPSA) is 117 Å². The van der Waals surface area contributed by atoms with Gasteiger partial charge in [-0.05, 0) is 22.9 Å². The molecule has 1 aromatic rings. The summed E-state index contributed by atoms with van der Waals surface area (Å²) in [5, 5.41) is 7.02. The molecule has 1 heterocycles. The number of amides is 2. The lowest BCUT2D eigenvalue weighted by atomic mass is 10.2. The quantitative estimate of drug-likeness (QED) is 0.446. The first kappa shape index (κ1) is 19.3. The van der Waals surface area contributed by atoms with E-state index in [-0.39, 0.29) is 12.1 Å². The molecule has 2 amide bonds. The molecular weight excluding hydrogens is 408 g/mol. The van der Waals surface area contributed by atoms with Crippen LogP contribution in [0.3, 0.4) is 0 Å². The Morgan fingerprint density at radius 3 is 2.65 bits per heavy atom. The van der Waals surface area contributed by atoms with Crippen molar-refractivity contribution >= 4 is 54.2 Å². The van der Waals surface area contributed by atoms with Crippen LogP contribution in [0.1, 0.15) is 6.92 Å². The minimum absolute atomic E-state index is 0.0720. The third kappa shape index (κ3) is 7.90. The van der Waals surface area contributed by atoms with E-state index in [1.165, 1.54) is 17.4 Å². The number of aromatic nitrogens is 1. The molecule has 0 saturated heterocycles. The number of anilines is 1. The van der Waals surface area contributed by atoms with Gasteiger partial charge < -0.3 is 10.6 Å². The van der Waals surface area contributed by atoms with Crippen LogP contribution in [0.25, 0.3) is 0 Å². The van der Waals surface area contributed by atoms with Crippen molar-refractivity contribution < 1.29 is 18.0 Å². The van der Waals surface area contributed by atoms with Crippen LogP contribution in [-0.4, -0.2) is 38.0 Å². The Kier molecular flexibility index (Phi) is 7.39. The SMILES string of the molecule is C/C=C\C(=C/NS(C)(=O)=O)C(=O)NCC(=O)Nc1nc(Br)cs1. The van der Waals surface area contributed by atoms with Crippen LogP contribution in [0.4, 0.5) is 5.13 Å². The summed E-state index contributed by atoms with van der Waals surface area (Å²) in [5.41, 5.74) is 0.0720. The number of carbonyl (C=O) groups excluding carboxylic acids is 2. The van der Waals surface area contributed by atoms with E-state index in [4.69, 9.17) is 0 Å². The Labute approximate surface area is 146 Å². The van der Waals surface area contributed by atoms with Crippen molar-refractivity contribution in [3.8, 4) is 0 Å². The van der Waals surface area contributed by atoms with Crippen LogP contribution in [0.5, 0.6) is 0 Å². The van der Waals surface area contributed by atoms with Crippen LogP contribution < -0.4 is 15.4 Å². The van der Waals surface area contributed by atoms with Gasteiger partial charge in [-0.15, -0.1) is 11.3 Å². The highest BCUT2D eigenvalue weighted by Crippen LogP contribution is 2.18. The van der Waals surface area contributed by atoms with Gasteiger partial charge in [-0.3, -0.25) is 14.3 Å². The van der Waals surface area contributed by atoms with Gasteiger partial charge in [-0.1, -0.05) is 12.2 Å². The summed E-state index contributed by atoms with van der Waals surface area (Å²) in [4.78, 5) is 27.6. The van der Waals surface area contributed by atoms with E-state index in [2.05, 4.69) is 36.3 Å². The van der Waals surface area contributed by atoms with Crippen molar-refractivity contribution in [3.63, 3.8) is 0 Å². The van der Waals surface area contributed by atoms with E-state index in [1.54, 1.807) is 18.4 Å². The summed E-state index contributed by atoms with van der Waals surface area (Å²) < 4.78 is 24.8. The summed E-state index contributed by atoms with van der Waals surface area (Å²) in [7, 11) is -3.47. The Hall–Kier alpha value is -1.72. The van der Waals surface area contributed by atoms with Crippen LogP contribution in [0, 0.1) is 0 Å². The normalized spacial score (nSPS) is 12.2.